The van der Waals surface area contributed by atoms with E-state index in [-0.39, 0.29) is 12.2 Å². The molecule has 8 heteroatoms. The molecule has 0 aliphatic heterocycles. The molecule has 0 aliphatic rings. The Balaban J connectivity index is 1.53. The second-order valence-corrected chi connectivity index (χ2v) is 7.96. The van der Waals surface area contributed by atoms with Gasteiger partial charge in [-0.15, -0.1) is 0 Å². The first kappa shape index (κ1) is 23.9. The standard InChI is InChI=1S/C27H21F3N2O3/c1-18(25(33)16-19-10-12-21(13-11-19)27(28,29)30)32-26(34)15-14-24(31-32)20-6-5-9-23(17-20)35-22-7-3-2-4-8-22/h2-15,17-18H,16H2,1H3. The van der Waals surface area contributed by atoms with E-state index in [1.54, 1.807) is 31.2 Å². The van der Waals surface area contributed by atoms with E-state index >= 15 is 0 Å². The summed E-state index contributed by atoms with van der Waals surface area (Å²) >= 11 is 0. The molecule has 1 heterocycles. The van der Waals surface area contributed by atoms with Crippen molar-refractivity contribution in [3.05, 3.63) is 112 Å². The van der Waals surface area contributed by atoms with Crippen molar-refractivity contribution in [2.45, 2.75) is 25.6 Å². The molecular formula is C27H21F3N2O3. The van der Waals surface area contributed by atoms with E-state index in [2.05, 4.69) is 5.10 Å². The molecular weight excluding hydrogens is 457 g/mol. The minimum atomic E-state index is -4.45. The lowest BCUT2D eigenvalue weighted by Gasteiger charge is -2.15. The molecule has 3 aromatic carbocycles. The van der Waals surface area contributed by atoms with E-state index in [1.807, 2.05) is 36.4 Å². The Morgan fingerprint density at radius 1 is 0.914 bits per heavy atom. The molecule has 4 rings (SSSR count). The van der Waals surface area contributed by atoms with Gasteiger partial charge in [-0.1, -0.05) is 42.5 Å². The number of rotatable bonds is 7. The normalized spacial score (nSPS) is 12.2. The number of Topliss-reactive ketones (excluding diaryl/α,β-unsaturated/α-hetero) is 1. The molecule has 1 aromatic heterocycles. The van der Waals surface area contributed by atoms with Crippen LogP contribution in [0.5, 0.6) is 11.5 Å². The van der Waals surface area contributed by atoms with Crippen LogP contribution in [0.15, 0.2) is 95.8 Å². The second kappa shape index (κ2) is 9.97. The van der Waals surface area contributed by atoms with Crippen molar-refractivity contribution in [3.63, 3.8) is 0 Å². The minimum absolute atomic E-state index is 0.127. The lowest BCUT2D eigenvalue weighted by atomic mass is 10.0. The number of benzene rings is 3. The van der Waals surface area contributed by atoms with E-state index in [0.717, 1.165) is 16.8 Å². The number of para-hydroxylation sites is 1. The highest BCUT2D eigenvalue weighted by atomic mass is 19.4. The fraction of sp³-hybridized carbons (Fsp3) is 0.148. The number of alkyl halides is 3. The summed E-state index contributed by atoms with van der Waals surface area (Å²) in [4.78, 5) is 25.3. The number of carbonyl (C=O) groups is 1. The Bertz CT molecular complexity index is 1380. The van der Waals surface area contributed by atoms with E-state index in [4.69, 9.17) is 4.74 Å². The molecule has 0 N–H and O–H groups in total. The fourth-order valence-electron chi connectivity index (χ4n) is 3.50. The van der Waals surface area contributed by atoms with Crippen molar-refractivity contribution in [2.24, 2.45) is 0 Å². The summed E-state index contributed by atoms with van der Waals surface area (Å²) in [5.74, 6) is 0.905. The van der Waals surface area contributed by atoms with Crippen LogP contribution in [0.2, 0.25) is 0 Å². The van der Waals surface area contributed by atoms with Crippen LogP contribution >= 0.6 is 0 Å². The Labute approximate surface area is 199 Å². The first-order valence-corrected chi connectivity index (χ1v) is 10.8. The van der Waals surface area contributed by atoms with Crippen molar-refractivity contribution in [2.75, 3.05) is 0 Å². The molecule has 5 nitrogen and oxygen atoms in total. The van der Waals surface area contributed by atoms with Crippen molar-refractivity contribution < 1.29 is 22.7 Å². The van der Waals surface area contributed by atoms with Crippen LogP contribution in [0, 0.1) is 0 Å². The second-order valence-electron chi connectivity index (χ2n) is 7.96. The monoisotopic (exact) mass is 478 g/mol. The lowest BCUT2D eigenvalue weighted by molar-refractivity contribution is -0.137. The number of carbonyl (C=O) groups excluding carboxylic acids is 1. The number of hydrogen-bond acceptors (Lipinski definition) is 4. The first-order valence-electron chi connectivity index (χ1n) is 10.8. The van der Waals surface area contributed by atoms with Crippen LogP contribution in [-0.4, -0.2) is 15.6 Å². The molecule has 0 amide bonds. The van der Waals surface area contributed by atoms with Gasteiger partial charge in [0.05, 0.1) is 11.3 Å². The van der Waals surface area contributed by atoms with Gasteiger partial charge in [0.25, 0.3) is 5.56 Å². The van der Waals surface area contributed by atoms with E-state index in [9.17, 15) is 22.8 Å². The highest BCUT2D eigenvalue weighted by molar-refractivity contribution is 5.84. The average Bonchev–Trinajstić information content (AvgIpc) is 2.84. The maximum Gasteiger partial charge on any atom is 0.416 e. The molecule has 35 heavy (non-hydrogen) atoms. The highest BCUT2D eigenvalue weighted by Crippen LogP contribution is 2.29. The number of ketones is 1. The van der Waals surface area contributed by atoms with Gasteiger partial charge in [-0.25, -0.2) is 4.68 Å². The summed E-state index contributed by atoms with van der Waals surface area (Å²) in [5.41, 5.74) is 0.334. The van der Waals surface area contributed by atoms with Crippen LogP contribution in [0.3, 0.4) is 0 Å². The van der Waals surface area contributed by atoms with Crippen molar-refractivity contribution in [1.82, 2.24) is 9.78 Å². The van der Waals surface area contributed by atoms with Gasteiger partial charge in [-0.3, -0.25) is 9.59 Å². The number of hydrogen-bond donors (Lipinski definition) is 0. The van der Waals surface area contributed by atoms with Crippen molar-refractivity contribution in [3.8, 4) is 22.8 Å². The molecule has 0 saturated heterocycles. The van der Waals surface area contributed by atoms with Gasteiger partial charge in [0.2, 0.25) is 0 Å². The Kier molecular flexibility index (Phi) is 6.82. The summed E-state index contributed by atoms with van der Waals surface area (Å²) in [6.45, 7) is 1.54. The van der Waals surface area contributed by atoms with Crippen molar-refractivity contribution in [1.29, 1.82) is 0 Å². The number of ether oxygens (including phenoxy) is 1. The van der Waals surface area contributed by atoms with Gasteiger partial charge in [-0.2, -0.15) is 18.3 Å². The van der Waals surface area contributed by atoms with E-state index in [1.165, 1.54) is 18.2 Å². The molecule has 1 atom stereocenters. The number of nitrogens with zero attached hydrogens (tertiary/aromatic N) is 2. The van der Waals surface area contributed by atoms with E-state index < -0.39 is 23.3 Å². The Morgan fingerprint density at radius 3 is 2.29 bits per heavy atom. The van der Waals surface area contributed by atoms with Gasteiger partial charge in [0, 0.05) is 18.1 Å². The van der Waals surface area contributed by atoms with Crippen LogP contribution in [0.25, 0.3) is 11.3 Å². The van der Waals surface area contributed by atoms with Gasteiger partial charge in [-0.05, 0) is 55.0 Å². The number of halogens is 3. The molecule has 0 bridgehead atoms. The lowest BCUT2D eigenvalue weighted by Crippen LogP contribution is -2.30. The molecule has 4 aromatic rings. The Morgan fingerprint density at radius 2 is 1.60 bits per heavy atom. The predicted molar refractivity (Wildman–Crippen MR) is 125 cm³/mol. The highest BCUT2D eigenvalue weighted by Gasteiger charge is 2.30. The van der Waals surface area contributed by atoms with Crippen LogP contribution in [0.4, 0.5) is 13.2 Å². The third kappa shape index (κ3) is 5.84. The molecule has 1 unspecified atom stereocenters. The summed E-state index contributed by atoms with van der Waals surface area (Å²) in [5, 5.41) is 4.38. The van der Waals surface area contributed by atoms with Crippen LogP contribution < -0.4 is 10.3 Å². The molecule has 0 fully saturated rings. The van der Waals surface area contributed by atoms with E-state index in [0.29, 0.717) is 28.3 Å². The quantitative estimate of drug-likeness (QED) is 0.322. The molecule has 0 radical (unpaired) electrons. The zero-order chi connectivity index (χ0) is 25.0. The number of aromatic nitrogens is 2. The predicted octanol–water partition coefficient (Wildman–Crippen LogP) is 6.09. The zero-order valence-electron chi connectivity index (χ0n) is 18.7. The largest absolute Gasteiger partial charge is 0.457 e. The fourth-order valence-corrected chi connectivity index (χ4v) is 3.50. The zero-order valence-corrected chi connectivity index (χ0v) is 18.7. The van der Waals surface area contributed by atoms with Gasteiger partial charge in [0.15, 0.2) is 5.78 Å². The van der Waals surface area contributed by atoms with Crippen molar-refractivity contribution >= 4 is 5.78 Å². The molecule has 0 saturated carbocycles. The maximum atomic E-state index is 12.8. The summed E-state index contributed by atoms with van der Waals surface area (Å²) < 4.78 is 45.2. The first-order chi connectivity index (χ1) is 16.7. The Hall–Kier alpha value is -4.20. The average molecular weight is 478 g/mol. The molecule has 178 valence electrons. The summed E-state index contributed by atoms with van der Waals surface area (Å²) in [7, 11) is 0. The summed E-state index contributed by atoms with van der Waals surface area (Å²) in [6.07, 6.45) is -4.57. The molecule has 0 spiro atoms. The van der Waals surface area contributed by atoms with Crippen LogP contribution in [0.1, 0.15) is 24.1 Å². The van der Waals surface area contributed by atoms with Gasteiger partial charge in [0.1, 0.15) is 17.5 Å². The molecule has 0 aliphatic carbocycles. The SMILES string of the molecule is CC(C(=O)Cc1ccc(C(F)(F)F)cc1)n1nc(-c2cccc(Oc3ccccc3)c2)ccc1=O. The topological polar surface area (TPSA) is 61.2 Å². The van der Waals surface area contributed by atoms with Crippen LogP contribution in [-0.2, 0) is 17.4 Å². The third-order valence-corrected chi connectivity index (χ3v) is 5.43. The minimum Gasteiger partial charge on any atom is -0.457 e. The summed E-state index contributed by atoms with van der Waals surface area (Å²) in [6, 6.07) is 22.8. The van der Waals surface area contributed by atoms with Gasteiger partial charge >= 0.3 is 6.18 Å². The van der Waals surface area contributed by atoms with Gasteiger partial charge < -0.3 is 4.74 Å². The maximum absolute atomic E-state index is 12.8. The smallest absolute Gasteiger partial charge is 0.416 e. The third-order valence-electron chi connectivity index (χ3n) is 5.43.